The molecule has 1 aromatic carbocycles. The average molecular weight is 291 g/mol. The Bertz CT molecular complexity index is 553. The van der Waals surface area contributed by atoms with Crippen LogP contribution in [-0.2, 0) is 4.79 Å². The molecule has 2 aromatic rings. The minimum atomic E-state index is -0.502. The van der Waals surface area contributed by atoms with Crippen LogP contribution in [0.25, 0.3) is 0 Å². The molecular formula is C13H17N5OS. The number of hydrogen-bond acceptors (Lipinski definition) is 5. The van der Waals surface area contributed by atoms with Crippen LogP contribution in [0.4, 0.5) is 5.69 Å². The molecule has 6 nitrogen and oxygen atoms in total. The third kappa shape index (κ3) is 3.82. The van der Waals surface area contributed by atoms with E-state index in [-0.39, 0.29) is 11.8 Å². The molecule has 0 saturated heterocycles. The Morgan fingerprint density at radius 1 is 1.35 bits per heavy atom. The highest BCUT2D eigenvalue weighted by Crippen LogP contribution is 2.25. The maximum Gasteiger partial charge on any atom is 0.241 e. The maximum atomic E-state index is 11.8. The Labute approximate surface area is 121 Å². The average Bonchev–Trinajstić information content (AvgIpc) is 2.92. The van der Waals surface area contributed by atoms with Crippen molar-refractivity contribution >= 4 is 23.4 Å². The standard InChI is InChI=1S/C13H17N5OS/c1-8(2)11(14)12(19)17-9-3-5-10(6-4-9)20-13-15-7-16-18-13/h3-8,11H,14H2,1-2H3,(H,17,19)(H,15,16,18). The second-order valence-corrected chi connectivity index (χ2v) is 5.74. The van der Waals surface area contributed by atoms with Crippen LogP contribution in [0.1, 0.15) is 13.8 Å². The second kappa shape index (κ2) is 6.53. The molecule has 0 radical (unpaired) electrons. The third-order valence-electron chi connectivity index (χ3n) is 2.75. The van der Waals surface area contributed by atoms with E-state index in [1.54, 1.807) is 0 Å². The number of nitrogens with one attached hydrogen (secondary N) is 2. The van der Waals surface area contributed by atoms with Gasteiger partial charge in [-0.3, -0.25) is 9.89 Å². The van der Waals surface area contributed by atoms with E-state index in [0.717, 1.165) is 15.7 Å². The molecule has 7 heteroatoms. The fourth-order valence-corrected chi connectivity index (χ4v) is 2.18. The zero-order valence-electron chi connectivity index (χ0n) is 11.3. The van der Waals surface area contributed by atoms with Crippen LogP contribution in [0, 0.1) is 5.92 Å². The first-order valence-electron chi connectivity index (χ1n) is 6.26. The Morgan fingerprint density at radius 3 is 2.60 bits per heavy atom. The first kappa shape index (κ1) is 14.5. The van der Waals surface area contributed by atoms with E-state index in [1.165, 1.54) is 18.1 Å². The Balaban J connectivity index is 1.96. The topological polar surface area (TPSA) is 96.7 Å². The van der Waals surface area contributed by atoms with Crippen LogP contribution in [0.3, 0.4) is 0 Å². The number of benzene rings is 1. The lowest BCUT2D eigenvalue weighted by Crippen LogP contribution is -2.39. The van der Waals surface area contributed by atoms with Gasteiger partial charge in [0.2, 0.25) is 5.91 Å². The molecule has 106 valence electrons. The van der Waals surface area contributed by atoms with Gasteiger partial charge in [-0.25, -0.2) is 4.98 Å². The van der Waals surface area contributed by atoms with Crippen molar-refractivity contribution in [3.05, 3.63) is 30.6 Å². The fraction of sp³-hybridized carbons (Fsp3) is 0.308. The number of amides is 1. The molecule has 0 saturated carbocycles. The molecule has 0 spiro atoms. The summed E-state index contributed by atoms with van der Waals surface area (Å²) in [6, 6.07) is 6.99. The quantitative estimate of drug-likeness (QED) is 0.781. The van der Waals surface area contributed by atoms with E-state index in [9.17, 15) is 4.79 Å². The molecule has 1 amide bonds. The van der Waals surface area contributed by atoms with E-state index in [4.69, 9.17) is 5.73 Å². The summed E-state index contributed by atoms with van der Waals surface area (Å²) < 4.78 is 0. The van der Waals surface area contributed by atoms with Crippen molar-refractivity contribution in [1.29, 1.82) is 0 Å². The van der Waals surface area contributed by atoms with Gasteiger partial charge in [-0.15, -0.1) is 0 Å². The van der Waals surface area contributed by atoms with Crippen molar-refractivity contribution < 1.29 is 4.79 Å². The van der Waals surface area contributed by atoms with E-state index in [2.05, 4.69) is 20.5 Å². The molecule has 1 atom stereocenters. The molecule has 20 heavy (non-hydrogen) atoms. The smallest absolute Gasteiger partial charge is 0.241 e. The third-order valence-corrected chi connectivity index (χ3v) is 3.65. The van der Waals surface area contributed by atoms with Gasteiger partial charge in [0.25, 0.3) is 0 Å². The van der Waals surface area contributed by atoms with Crippen molar-refractivity contribution in [3.63, 3.8) is 0 Å². The molecule has 0 bridgehead atoms. The summed E-state index contributed by atoms with van der Waals surface area (Å²) in [4.78, 5) is 16.9. The Hall–Kier alpha value is -1.86. The summed E-state index contributed by atoms with van der Waals surface area (Å²) in [5, 5.41) is 10.1. The minimum Gasteiger partial charge on any atom is -0.325 e. The molecule has 0 fully saturated rings. The van der Waals surface area contributed by atoms with E-state index >= 15 is 0 Å². The first-order chi connectivity index (χ1) is 9.56. The molecular weight excluding hydrogens is 274 g/mol. The lowest BCUT2D eigenvalue weighted by atomic mass is 10.1. The number of H-pyrrole nitrogens is 1. The summed E-state index contributed by atoms with van der Waals surface area (Å²) in [7, 11) is 0. The van der Waals surface area contributed by atoms with Gasteiger partial charge in [0.15, 0.2) is 5.16 Å². The first-order valence-corrected chi connectivity index (χ1v) is 7.07. The van der Waals surface area contributed by atoms with Crippen molar-refractivity contribution in [3.8, 4) is 0 Å². The number of anilines is 1. The van der Waals surface area contributed by atoms with Gasteiger partial charge in [0.1, 0.15) is 6.33 Å². The van der Waals surface area contributed by atoms with Crippen molar-refractivity contribution in [1.82, 2.24) is 15.2 Å². The van der Waals surface area contributed by atoms with Gasteiger partial charge in [-0.2, -0.15) is 5.10 Å². The molecule has 1 unspecified atom stereocenters. The van der Waals surface area contributed by atoms with Crippen LogP contribution < -0.4 is 11.1 Å². The summed E-state index contributed by atoms with van der Waals surface area (Å²) in [6.07, 6.45) is 1.46. The SMILES string of the molecule is CC(C)C(N)C(=O)Nc1ccc(Sc2ncn[nH]2)cc1. The fourth-order valence-electron chi connectivity index (χ4n) is 1.49. The van der Waals surface area contributed by atoms with Crippen molar-refractivity contribution in [2.45, 2.75) is 29.9 Å². The van der Waals surface area contributed by atoms with Gasteiger partial charge in [-0.1, -0.05) is 25.6 Å². The van der Waals surface area contributed by atoms with E-state index in [0.29, 0.717) is 0 Å². The molecule has 4 N–H and O–H groups in total. The summed E-state index contributed by atoms with van der Waals surface area (Å²) in [5.41, 5.74) is 6.52. The number of aromatic nitrogens is 3. The molecule has 0 aliphatic carbocycles. The number of hydrogen-bond donors (Lipinski definition) is 3. The maximum absolute atomic E-state index is 11.8. The Morgan fingerprint density at radius 2 is 2.05 bits per heavy atom. The summed E-state index contributed by atoms with van der Waals surface area (Å²) in [5.74, 6) is -0.0630. The number of carbonyl (C=O) groups is 1. The Kier molecular flexibility index (Phi) is 4.75. The molecule has 1 aromatic heterocycles. The zero-order chi connectivity index (χ0) is 14.5. The number of rotatable bonds is 5. The normalized spacial score (nSPS) is 12.4. The van der Waals surface area contributed by atoms with Gasteiger partial charge < -0.3 is 11.1 Å². The second-order valence-electron chi connectivity index (χ2n) is 4.68. The van der Waals surface area contributed by atoms with Crippen LogP contribution >= 0.6 is 11.8 Å². The predicted octanol–water partition coefficient (Wildman–Crippen LogP) is 1.88. The van der Waals surface area contributed by atoms with Gasteiger partial charge in [-0.05, 0) is 30.2 Å². The lowest BCUT2D eigenvalue weighted by molar-refractivity contribution is -0.118. The van der Waals surface area contributed by atoms with Crippen LogP contribution in [-0.4, -0.2) is 27.1 Å². The van der Waals surface area contributed by atoms with Gasteiger partial charge in [0, 0.05) is 10.6 Å². The highest BCUT2D eigenvalue weighted by molar-refractivity contribution is 7.99. The number of nitrogens with zero attached hydrogens (tertiary/aromatic N) is 2. The highest BCUT2D eigenvalue weighted by atomic mass is 32.2. The van der Waals surface area contributed by atoms with E-state index < -0.39 is 6.04 Å². The van der Waals surface area contributed by atoms with Gasteiger partial charge >= 0.3 is 0 Å². The number of nitrogens with two attached hydrogens (primary N) is 1. The predicted molar refractivity (Wildman–Crippen MR) is 78.4 cm³/mol. The zero-order valence-corrected chi connectivity index (χ0v) is 12.1. The van der Waals surface area contributed by atoms with Gasteiger partial charge in [0.05, 0.1) is 6.04 Å². The van der Waals surface area contributed by atoms with Crippen LogP contribution in [0.15, 0.2) is 40.6 Å². The molecule has 0 aliphatic rings. The van der Waals surface area contributed by atoms with Crippen LogP contribution in [0.5, 0.6) is 0 Å². The van der Waals surface area contributed by atoms with Crippen molar-refractivity contribution in [2.75, 3.05) is 5.32 Å². The van der Waals surface area contributed by atoms with Crippen molar-refractivity contribution in [2.24, 2.45) is 11.7 Å². The monoisotopic (exact) mass is 291 g/mol. The lowest BCUT2D eigenvalue weighted by Gasteiger charge is -2.15. The largest absolute Gasteiger partial charge is 0.325 e. The summed E-state index contributed by atoms with van der Waals surface area (Å²) in [6.45, 7) is 3.84. The molecule has 2 rings (SSSR count). The van der Waals surface area contributed by atoms with Crippen LogP contribution in [0.2, 0.25) is 0 Å². The minimum absolute atomic E-state index is 0.108. The highest BCUT2D eigenvalue weighted by Gasteiger charge is 2.16. The number of carbonyl (C=O) groups excluding carboxylic acids is 1. The summed E-state index contributed by atoms with van der Waals surface area (Å²) >= 11 is 1.47. The molecule has 1 heterocycles. The number of aromatic amines is 1. The molecule has 0 aliphatic heterocycles. The van der Waals surface area contributed by atoms with E-state index in [1.807, 2.05) is 38.1 Å².